The lowest BCUT2D eigenvalue weighted by Crippen LogP contribution is -2.48. The van der Waals surface area contributed by atoms with Crippen LogP contribution in [-0.2, 0) is 90.5 Å². The number of nitriles is 1. The molecule has 2 saturated heterocycles. The number of hydrogen-bond acceptors (Lipinski definition) is 22. The number of ether oxygens (including phenoxy) is 7. The molecule has 0 radical (unpaired) electrons. The molecular formula is C59H78N6O19S2. The van der Waals surface area contributed by atoms with Crippen molar-refractivity contribution in [3.8, 4) is 29.1 Å². The SMILES string of the molecule is CCCS(=O)(=O)O/N=C1\SC=C\C1=C(\C#N)c1ccccc1C.COCN1C(=O)N(COC)C2C1N(COC)C(=O)N2COC.COCc1cc(C(C)(c2cc(CCO)c(O)c(CCO)c2)c2cc(COC)c(O)c(OOC)c2)cc(COC)c1O. The third-order valence-corrected chi connectivity index (χ3v) is 16.0. The summed E-state index contributed by atoms with van der Waals surface area (Å²) in [6, 6.07) is 19.9. The van der Waals surface area contributed by atoms with E-state index in [0.29, 0.717) is 56.0 Å². The number of amides is 4. The Kier molecular flexibility index (Phi) is 26.9. The van der Waals surface area contributed by atoms with Gasteiger partial charge in [0, 0.05) is 90.7 Å². The molecule has 27 heteroatoms. The first-order valence-corrected chi connectivity index (χ1v) is 29.3. The Morgan fingerprint density at radius 3 is 1.50 bits per heavy atom. The molecule has 0 bridgehead atoms. The van der Waals surface area contributed by atoms with Gasteiger partial charge in [0.1, 0.15) is 49.5 Å². The second kappa shape index (κ2) is 33.2. The number of oxime groups is 1. The number of allylic oxidation sites excluding steroid dienone is 2. The molecule has 2 fully saturated rings. The van der Waals surface area contributed by atoms with Crippen LogP contribution in [0.3, 0.4) is 0 Å². The molecular weight excluding hydrogens is 1160 g/mol. The summed E-state index contributed by atoms with van der Waals surface area (Å²) in [7, 11) is 8.20. The summed E-state index contributed by atoms with van der Waals surface area (Å²) >= 11 is 1.22. The zero-order chi connectivity index (χ0) is 63.3. The highest BCUT2D eigenvalue weighted by Crippen LogP contribution is 2.47. The Morgan fingerprint density at radius 2 is 1.09 bits per heavy atom. The molecule has 86 heavy (non-hydrogen) atoms. The maximum absolute atomic E-state index is 12.6. The largest absolute Gasteiger partial charge is 0.507 e. The van der Waals surface area contributed by atoms with E-state index in [1.807, 2.05) is 62.4 Å². The molecule has 4 aromatic rings. The maximum Gasteiger partial charge on any atom is 0.328 e. The standard InChI is InChI=1S/C31H40O10.C16H16N2O3S2.C12H22N4O6/c1-31(24-10-19(6-8-32)28(34)20(11-24)7-9-33,25-12-21(16-37-2)29(35)22(13-25)17-38-3)26-14-23(18-39-4)30(36)27(15-26)41-40-5;1-3-10-23(19,20)21-18-16-14(8-9-22-16)15(11-17)13-7-5-4-6-12(13)2;1-19-5-13-9-10(15(7-21-3)11(13)17)16(8-22-4)12(18)14(9)6-20-2/h10-15,32-36H,6-9,16-18H2,1-5H3;4-9H,3,10H2,1-2H3;9-10H,5-8H2,1-4H3/b;15-14+,18-16-;. The van der Waals surface area contributed by atoms with Gasteiger partial charge in [0.25, 0.3) is 0 Å². The number of methoxy groups -OCH3 is 7. The van der Waals surface area contributed by atoms with Crippen molar-refractivity contribution in [1.29, 1.82) is 5.26 Å². The minimum absolute atomic E-state index is 0.0132. The molecule has 25 nitrogen and oxygen atoms in total. The Hall–Kier alpha value is -7.04. The van der Waals surface area contributed by atoms with E-state index >= 15 is 0 Å². The highest BCUT2D eigenvalue weighted by atomic mass is 32.2. The van der Waals surface area contributed by atoms with Crippen molar-refractivity contribution in [1.82, 2.24) is 19.6 Å². The van der Waals surface area contributed by atoms with Crippen LogP contribution in [0.1, 0.15) is 75.9 Å². The smallest absolute Gasteiger partial charge is 0.328 e. The second-order valence-electron chi connectivity index (χ2n) is 19.7. The number of aromatic hydroxyl groups is 3. The Balaban J connectivity index is 0.000000254. The lowest BCUT2D eigenvalue weighted by Gasteiger charge is -2.34. The molecule has 3 aliphatic heterocycles. The number of rotatable bonds is 28. The van der Waals surface area contributed by atoms with Crippen molar-refractivity contribution in [3.05, 3.63) is 133 Å². The van der Waals surface area contributed by atoms with Gasteiger partial charge in [-0.1, -0.05) is 60.2 Å². The summed E-state index contributed by atoms with van der Waals surface area (Å²) in [5.74, 6) is -0.0931. The van der Waals surface area contributed by atoms with Crippen LogP contribution in [0.15, 0.2) is 82.9 Å². The van der Waals surface area contributed by atoms with E-state index in [-0.39, 0.29) is 114 Å². The molecule has 0 saturated carbocycles. The number of carbonyl (C=O) groups excluding carboxylic acids is 2. The van der Waals surface area contributed by atoms with E-state index in [0.717, 1.165) is 22.3 Å². The van der Waals surface area contributed by atoms with Crippen LogP contribution in [0.2, 0.25) is 0 Å². The number of carbonyl (C=O) groups is 2. The molecule has 0 spiro atoms. The number of aliphatic hydroxyl groups excluding tert-OH is 2. The van der Waals surface area contributed by atoms with Crippen molar-refractivity contribution < 1.29 is 90.8 Å². The van der Waals surface area contributed by atoms with Crippen LogP contribution >= 0.6 is 11.8 Å². The highest BCUT2D eigenvalue weighted by molar-refractivity contribution is 8.17. The van der Waals surface area contributed by atoms with Gasteiger partial charge in [-0.2, -0.15) is 18.6 Å². The number of urea groups is 2. The Labute approximate surface area is 506 Å². The van der Waals surface area contributed by atoms with Gasteiger partial charge in [0.15, 0.2) is 18.1 Å². The monoisotopic (exact) mass is 1240 g/mol. The molecule has 5 N–H and O–H groups in total. The topological polar surface area (TPSA) is 311 Å². The van der Waals surface area contributed by atoms with Gasteiger partial charge in [-0.25, -0.2) is 9.59 Å². The van der Waals surface area contributed by atoms with Crippen molar-refractivity contribution >= 4 is 44.6 Å². The summed E-state index contributed by atoms with van der Waals surface area (Å²) in [5, 5.41) is 67.7. The molecule has 470 valence electrons. The van der Waals surface area contributed by atoms with Crippen LogP contribution < -0.4 is 4.89 Å². The average Bonchev–Trinajstić information content (AvgIpc) is 1.38. The molecule has 4 aromatic carbocycles. The number of nitrogens with zero attached hydrogens (tertiary/aromatic N) is 6. The quantitative estimate of drug-likeness (QED) is 0.0170. The summed E-state index contributed by atoms with van der Waals surface area (Å²) in [4.78, 5) is 41.2. The van der Waals surface area contributed by atoms with Crippen molar-refractivity contribution in [2.45, 2.75) is 77.6 Å². The van der Waals surface area contributed by atoms with Crippen molar-refractivity contribution in [2.24, 2.45) is 5.16 Å². The van der Waals surface area contributed by atoms with Crippen LogP contribution in [0.4, 0.5) is 9.59 Å². The van der Waals surface area contributed by atoms with Gasteiger partial charge in [-0.05, 0) is 108 Å². The number of benzene rings is 4. The third-order valence-electron chi connectivity index (χ3n) is 14.0. The predicted molar refractivity (Wildman–Crippen MR) is 318 cm³/mol. The highest BCUT2D eigenvalue weighted by Gasteiger charge is 2.59. The van der Waals surface area contributed by atoms with Crippen LogP contribution in [0, 0.1) is 18.3 Å². The van der Waals surface area contributed by atoms with Crippen molar-refractivity contribution in [3.63, 3.8) is 0 Å². The van der Waals surface area contributed by atoms with Gasteiger partial charge in [-0.3, -0.25) is 23.9 Å². The van der Waals surface area contributed by atoms with E-state index in [1.165, 1.54) is 88.2 Å². The molecule has 3 heterocycles. The molecule has 7 rings (SSSR count). The summed E-state index contributed by atoms with van der Waals surface area (Å²) < 4.78 is 64.4. The fraction of sp³-hybridized carbons (Fsp3) is 0.458. The van der Waals surface area contributed by atoms with Gasteiger partial charge >= 0.3 is 22.2 Å². The molecule has 1 atom stereocenters. The Bertz CT molecular complexity index is 2900. The van der Waals surface area contributed by atoms with Gasteiger partial charge in [-0.15, -0.1) is 0 Å². The fourth-order valence-corrected chi connectivity index (χ4v) is 11.5. The number of fused-ring (bicyclic) bond motifs is 1. The average molecular weight is 1240 g/mol. The third kappa shape index (κ3) is 16.1. The number of phenolic OH excluding ortho intramolecular Hbond substituents is 3. The van der Waals surface area contributed by atoms with Crippen molar-refractivity contribution in [2.75, 3.05) is 103 Å². The summed E-state index contributed by atoms with van der Waals surface area (Å²) in [6.45, 7) is 5.85. The number of aliphatic hydroxyl groups is 2. The second-order valence-corrected chi connectivity index (χ2v) is 22.3. The summed E-state index contributed by atoms with van der Waals surface area (Å²) in [5.41, 5.74) is 6.43. The predicted octanol–water partition coefficient (Wildman–Crippen LogP) is 6.74. The lowest BCUT2D eigenvalue weighted by molar-refractivity contribution is -0.179. The maximum atomic E-state index is 12.6. The number of hydrogen-bond donors (Lipinski definition) is 5. The number of phenols is 3. The van der Waals surface area contributed by atoms with Crippen LogP contribution in [-0.4, -0.2) is 186 Å². The first-order valence-electron chi connectivity index (χ1n) is 26.9. The van der Waals surface area contributed by atoms with E-state index in [9.17, 15) is 48.8 Å². The van der Waals surface area contributed by atoms with E-state index in [2.05, 4.69) is 11.2 Å². The van der Waals surface area contributed by atoms with Gasteiger partial charge < -0.3 is 63.6 Å². The van der Waals surface area contributed by atoms with E-state index in [4.69, 9.17) is 47.2 Å². The minimum Gasteiger partial charge on any atom is -0.507 e. The minimum atomic E-state index is -3.68. The summed E-state index contributed by atoms with van der Waals surface area (Å²) in [6.07, 6.45) is 1.53. The fourth-order valence-electron chi connectivity index (χ4n) is 10.0. The van der Waals surface area contributed by atoms with Crippen LogP contribution in [0.5, 0.6) is 23.0 Å². The molecule has 1 unspecified atom stereocenters. The Morgan fingerprint density at radius 1 is 0.663 bits per heavy atom. The van der Waals surface area contributed by atoms with Gasteiger partial charge in [0.2, 0.25) is 5.75 Å². The van der Waals surface area contributed by atoms with E-state index in [1.54, 1.807) is 30.5 Å². The first kappa shape index (κ1) is 69.7. The molecule has 0 aliphatic carbocycles. The van der Waals surface area contributed by atoms with E-state index < -0.39 is 27.9 Å². The normalized spacial score (nSPS) is 17.3. The first-order chi connectivity index (χ1) is 41.3. The zero-order valence-corrected chi connectivity index (χ0v) is 51.9. The molecule has 3 aliphatic rings. The molecule has 4 amide bonds. The van der Waals surface area contributed by atoms with Gasteiger partial charge in [0.05, 0.1) is 38.3 Å². The number of aryl methyl sites for hydroxylation is 1. The molecule has 0 aromatic heterocycles. The van der Waals surface area contributed by atoms with Crippen LogP contribution in [0.25, 0.3) is 5.57 Å². The number of thioether (sulfide) groups is 1. The zero-order valence-electron chi connectivity index (χ0n) is 50.2. The lowest BCUT2D eigenvalue weighted by atomic mass is 9.69.